The van der Waals surface area contributed by atoms with Gasteiger partial charge in [0, 0.05) is 23.3 Å². The van der Waals surface area contributed by atoms with Crippen LogP contribution in [0.2, 0.25) is 0 Å². The van der Waals surface area contributed by atoms with Crippen LogP contribution in [-0.4, -0.2) is 10.5 Å². The lowest BCUT2D eigenvalue weighted by atomic mass is 10.1. The minimum absolute atomic E-state index is 0.112. The molecule has 122 valence electrons. The van der Waals surface area contributed by atoms with Gasteiger partial charge in [0.25, 0.3) is 5.91 Å². The van der Waals surface area contributed by atoms with Crippen LogP contribution in [0, 0.1) is 11.3 Å². The Labute approximate surface area is 144 Å². The van der Waals surface area contributed by atoms with Gasteiger partial charge in [-0.1, -0.05) is 18.2 Å². The first-order valence-corrected chi connectivity index (χ1v) is 8.07. The highest BCUT2D eigenvalue weighted by molar-refractivity contribution is 6.06. The molecule has 0 spiro atoms. The van der Waals surface area contributed by atoms with Crippen LogP contribution in [0.15, 0.2) is 53.5 Å². The normalized spacial score (nSPS) is 15.1. The van der Waals surface area contributed by atoms with E-state index in [-0.39, 0.29) is 17.0 Å². The minimum Gasteiger partial charge on any atom is -0.343 e. The minimum atomic E-state index is -0.463. The van der Waals surface area contributed by atoms with Gasteiger partial charge >= 0.3 is 0 Å². The van der Waals surface area contributed by atoms with Gasteiger partial charge < -0.3 is 9.88 Å². The molecule has 25 heavy (non-hydrogen) atoms. The summed E-state index contributed by atoms with van der Waals surface area (Å²) in [6, 6.07) is 14.5. The third-order valence-electron chi connectivity index (χ3n) is 4.62. The second-order valence-electron chi connectivity index (χ2n) is 6.29. The van der Waals surface area contributed by atoms with E-state index in [9.17, 15) is 9.59 Å². The van der Waals surface area contributed by atoms with Gasteiger partial charge in [-0.05, 0) is 43.2 Å². The summed E-state index contributed by atoms with van der Waals surface area (Å²) in [4.78, 5) is 25.5. The molecule has 2 heterocycles. The average Bonchev–Trinajstić information content (AvgIpc) is 2.94. The molecule has 4 rings (SSSR count). The molecule has 1 aromatic heterocycles. The Morgan fingerprint density at radius 3 is 2.88 bits per heavy atom. The van der Waals surface area contributed by atoms with Crippen molar-refractivity contribution in [2.24, 2.45) is 0 Å². The van der Waals surface area contributed by atoms with Crippen molar-refractivity contribution in [2.75, 3.05) is 5.32 Å². The molecule has 0 saturated carbocycles. The second kappa shape index (κ2) is 5.60. The molecule has 0 unspecified atom stereocenters. The highest BCUT2D eigenvalue weighted by Gasteiger charge is 2.24. The highest BCUT2D eigenvalue weighted by Crippen LogP contribution is 2.30. The van der Waals surface area contributed by atoms with E-state index in [0.29, 0.717) is 16.6 Å². The molecule has 0 radical (unpaired) electrons. The third-order valence-corrected chi connectivity index (χ3v) is 4.62. The van der Waals surface area contributed by atoms with Gasteiger partial charge in [0.05, 0.1) is 17.1 Å². The fourth-order valence-corrected chi connectivity index (χ4v) is 3.44. The molecule has 5 heteroatoms. The summed E-state index contributed by atoms with van der Waals surface area (Å²) in [5.41, 5.74) is 2.84. The van der Waals surface area contributed by atoms with Crippen molar-refractivity contribution in [1.82, 2.24) is 4.57 Å². The van der Waals surface area contributed by atoms with Crippen molar-refractivity contribution in [2.45, 2.75) is 19.4 Å². The fourth-order valence-electron chi connectivity index (χ4n) is 3.44. The zero-order valence-corrected chi connectivity index (χ0v) is 13.6. The molecule has 1 amide bonds. The molecular weight excluding hydrogens is 314 g/mol. The first kappa shape index (κ1) is 15.2. The van der Waals surface area contributed by atoms with E-state index in [0.717, 1.165) is 17.5 Å². The van der Waals surface area contributed by atoms with E-state index in [4.69, 9.17) is 5.26 Å². The number of pyridine rings is 1. The van der Waals surface area contributed by atoms with E-state index in [2.05, 4.69) is 12.2 Å². The van der Waals surface area contributed by atoms with Crippen LogP contribution in [0.3, 0.4) is 0 Å². The van der Waals surface area contributed by atoms with Gasteiger partial charge in [-0.25, -0.2) is 0 Å². The number of amides is 1. The van der Waals surface area contributed by atoms with Crippen LogP contribution in [0.4, 0.5) is 5.69 Å². The third kappa shape index (κ3) is 2.39. The SMILES string of the molecule is C[C@@H]1Cc2cccc3c(=O)c(C(=O)Nc4cccc(C#N)c4)cn1c23. The molecule has 0 fully saturated rings. The van der Waals surface area contributed by atoms with E-state index in [1.165, 1.54) is 0 Å². The van der Waals surface area contributed by atoms with Gasteiger partial charge in [-0.15, -0.1) is 0 Å². The number of nitrogens with one attached hydrogen (secondary N) is 1. The van der Waals surface area contributed by atoms with Gasteiger partial charge in [0.1, 0.15) is 5.56 Å². The van der Waals surface area contributed by atoms with E-state index in [1.807, 2.05) is 22.8 Å². The summed E-state index contributed by atoms with van der Waals surface area (Å²) < 4.78 is 2.01. The van der Waals surface area contributed by atoms with Crippen LogP contribution in [0.25, 0.3) is 10.9 Å². The van der Waals surface area contributed by atoms with E-state index in [1.54, 1.807) is 36.5 Å². The highest BCUT2D eigenvalue weighted by atomic mass is 16.2. The maximum absolute atomic E-state index is 12.8. The van der Waals surface area contributed by atoms with E-state index < -0.39 is 5.91 Å². The number of carbonyl (C=O) groups is 1. The fraction of sp³-hybridized carbons (Fsp3) is 0.150. The second-order valence-corrected chi connectivity index (χ2v) is 6.29. The van der Waals surface area contributed by atoms with Crippen molar-refractivity contribution >= 4 is 22.5 Å². The Bertz CT molecular complexity index is 1120. The van der Waals surface area contributed by atoms with Crippen molar-refractivity contribution in [1.29, 1.82) is 5.26 Å². The number of carbonyl (C=O) groups excluding carboxylic acids is 1. The molecule has 1 atom stereocenters. The van der Waals surface area contributed by atoms with Crippen LogP contribution < -0.4 is 10.7 Å². The van der Waals surface area contributed by atoms with Crippen molar-refractivity contribution < 1.29 is 4.79 Å². The molecule has 5 nitrogen and oxygen atoms in total. The molecule has 1 aliphatic rings. The quantitative estimate of drug-likeness (QED) is 0.784. The van der Waals surface area contributed by atoms with Crippen LogP contribution in [0.1, 0.15) is 34.5 Å². The predicted molar refractivity (Wildman–Crippen MR) is 95.7 cm³/mol. The first-order valence-electron chi connectivity index (χ1n) is 8.07. The molecule has 1 aliphatic heterocycles. The summed E-state index contributed by atoms with van der Waals surface area (Å²) in [6.45, 7) is 2.07. The molecule has 2 aromatic carbocycles. The van der Waals surface area contributed by atoms with Gasteiger partial charge in [-0.2, -0.15) is 5.26 Å². The summed E-state index contributed by atoms with van der Waals surface area (Å²) in [5, 5.41) is 12.3. The largest absolute Gasteiger partial charge is 0.343 e. The number of rotatable bonds is 2. The standard InChI is InChI=1S/C20H15N3O2/c1-12-8-14-5-3-7-16-18(14)23(12)11-17(19(16)24)20(25)22-15-6-2-4-13(9-15)10-21/h2-7,9,11-12H,8H2,1H3,(H,22,25)/t12-/m1/s1. The Balaban J connectivity index is 1.80. The summed E-state index contributed by atoms with van der Waals surface area (Å²) >= 11 is 0. The van der Waals surface area contributed by atoms with Gasteiger partial charge in [-0.3, -0.25) is 9.59 Å². The topological polar surface area (TPSA) is 74.9 Å². The van der Waals surface area contributed by atoms with Crippen molar-refractivity contribution in [3.05, 3.63) is 75.6 Å². The van der Waals surface area contributed by atoms with Crippen molar-refractivity contribution in [3.8, 4) is 6.07 Å². The first-order chi connectivity index (χ1) is 12.1. The lowest BCUT2D eigenvalue weighted by Crippen LogP contribution is -2.23. The van der Waals surface area contributed by atoms with Gasteiger partial charge in [0.2, 0.25) is 5.43 Å². The Morgan fingerprint density at radius 1 is 1.28 bits per heavy atom. The summed E-state index contributed by atoms with van der Waals surface area (Å²) in [7, 11) is 0. The van der Waals surface area contributed by atoms with Gasteiger partial charge in [0.15, 0.2) is 0 Å². The van der Waals surface area contributed by atoms with Crippen LogP contribution >= 0.6 is 0 Å². The number of aromatic nitrogens is 1. The number of anilines is 1. The number of para-hydroxylation sites is 1. The number of benzene rings is 2. The maximum atomic E-state index is 12.8. The summed E-state index contributed by atoms with van der Waals surface area (Å²) in [5.74, 6) is -0.463. The van der Waals surface area contributed by atoms with Crippen LogP contribution in [-0.2, 0) is 6.42 Å². The lowest BCUT2D eigenvalue weighted by molar-refractivity contribution is 0.102. The Morgan fingerprint density at radius 2 is 2.08 bits per heavy atom. The Hall–Kier alpha value is -3.39. The number of nitrogens with zero attached hydrogens (tertiary/aromatic N) is 2. The average molecular weight is 329 g/mol. The predicted octanol–water partition coefficient (Wildman–Crippen LogP) is 3.24. The number of nitriles is 1. The van der Waals surface area contributed by atoms with Crippen molar-refractivity contribution in [3.63, 3.8) is 0 Å². The smallest absolute Gasteiger partial charge is 0.261 e. The molecular formula is C20H15N3O2. The monoisotopic (exact) mass is 329 g/mol. The zero-order valence-electron chi connectivity index (χ0n) is 13.6. The molecule has 0 saturated heterocycles. The lowest BCUT2D eigenvalue weighted by Gasteiger charge is -2.12. The van der Waals surface area contributed by atoms with E-state index >= 15 is 0 Å². The maximum Gasteiger partial charge on any atom is 0.261 e. The van der Waals surface area contributed by atoms with Crippen LogP contribution in [0.5, 0.6) is 0 Å². The molecule has 0 aliphatic carbocycles. The molecule has 1 N–H and O–H groups in total. The number of hydrogen-bond acceptors (Lipinski definition) is 3. The summed E-state index contributed by atoms with van der Waals surface area (Å²) in [6.07, 6.45) is 2.50. The number of hydrogen-bond donors (Lipinski definition) is 1. The zero-order chi connectivity index (χ0) is 17.6. The molecule has 3 aromatic rings. The molecule has 0 bridgehead atoms. The Kier molecular flexibility index (Phi) is 3.40.